The van der Waals surface area contributed by atoms with Gasteiger partial charge in [-0.15, -0.1) is 0 Å². The van der Waals surface area contributed by atoms with Crippen LogP contribution >= 0.6 is 23.5 Å². The van der Waals surface area contributed by atoms with Crippen LogP contribution in [-0.2, 0) is 0 Å². The van der Waals surface area contributed by atoms with E-state index in [1.807, 2.05) is 49.5 Å². The van der Waals surface area contributed by atoms with Crippen molar-refractivity contribution in [3.8, 4) is 5.75 Å². The Morgan fingerprint density at radius 2 is 1.74 bits per heavy atom. The quantitative estimate of drug-likeness (QED) is 0.795. The molecule has 0 amide bonds. The highest BCUT2D eigenvalue weighted by Crippen LogP contribution is 2.32. The third-order valence-electron chi connectivity index (χ3n) is 2.58. The maximum absolute atomic E-state index is 5.85. The Morgan fingerprint density at radius 3 is 2.37 bits per heavy atom. The summed E-state index contributed by atoms with van der Waals surface area (Å²) in [7, 11) is 3.56. The van der Waals surface area contributed by atoms with Crippen LogP contribution in [0.25, 0.3) is 0 Å². The Kier molecular flexibility index (Phi) is 4.82. The van der Waals surface area contributed by atoms with Crippen molar-refractivity contribution in [1.82, 2.24) is 0 Å². The highest BCUT2D eigenvalue weighted by atomic mass is 35.5. The van der Waals surface area contributed by atoms with Gasteiger partial charge in [-0.05, 0) is 54.4 Å². The zero-order valence-electron chi connectivity index (χ0n) is 10.7. The molecule has 0 aromatic heterocycles. The minimum absolute atomic E-state index is 0.727. The highest BCUT2D eigenvalue weighted by molar-refractivity contribution is 8.00. The van der Waals surface area contributed by atoms with Crippen molar-refractivity contribution in [2.24, 2.45) is 0 Å². The molecule has 0 spiro atoms. The number of anilines is 2. The average Bonchev–Trinajstić information content (AvgIpc) is 2.46. The van der Waals surface area contributed by atoms with E-state index in [0.29, 0.717) is 0 Å². The predicted molar refractivity (Wildman–Crippen MR) is 83.5 cm³/mol. The predicted octanol–water partition coefficient (Wildman–Crippen LogP) is 4.51. The van der Waals surface area contributed by atoms with Crippen molar-refractivity contribution in [2.75, 3.05) is 24.2 Å². The smallest absolute Gasteiger partial charge is 0.134 e. The van der Waals surface area contributed by atoms with E-state index in [2.05, 4.69) is 10.0 Å². The van der Waals surface area contributed by atoms with Crippen LogP contribution < -0.4 is 14.8 Å². The highest BCUT2D eigenvalue weighted by Gasteiger charge is 2.05. The summed E-state index contributed by atoms with van der Waals surface area (Å²) in [6, 6.07) is 13.5. The molecule has 3 nitrogen and oxygen atoms in total. The lowest BCUT2D eigenvalue weighted by Crippen LogP contribution is -1.93. The number of hydrogen-bond donors (Lipinski definition) is 2. The van der Waals surface area contributed by atoms with Crippen molar-refractivity contribution in [3.05, 3.63) is 47.5 Å². The van der Waals surface area contributed by atoms with Gasteiger partial charge in [0.2, 0.25) is 0 Å². The van der Waals surface area contributed by atoms with Crippen molar-refractivity contribution in [1.29, 1.82) is 0 Å². The van der Waals surface area contributed by atoms with E-state index in [4.69, 9.17) is 16.3 Å². The summed E-state index contributed by atoms with van der Waals surface area (Å²) in [5, 5.41) is 3.84. The number of rotatable bonds is 5. The zero-order chi connectivity index (χ0) is 13.7. The van der Waals surface area contributed by atoms with Crippen LogP contribution in [0, 0.1) is 0 Å². The van der Waals surface area contributed by atoms with Gasteiger partial charge in [-0.1, -0.05) is 11.6 Å². The molecule has 0 aliphatic rings. The molecule has 0 fully saturated rings. The molecule has 19 heavy (non-hydrogen) atoms. The fourth-order valence-corrected chi connectivity index (χ4v) is 2.47. The monoisotopic (exact) mass is 294 g/mol. The molecular formula is C14H15ClN2OS. The summed E-state index contributed by atoms with van der Waals surface area (Å²) < 4.78 is 8.61. The minimum atomic E-state index is 0.727. The molecule has 2 N–H and O–H groups in total. The first-order valence-corrected chi connectivity index (χ1v) is 6.96. The van der Waals surface area contributed by atoms with E-state index in [1.165, 1.54) is 11.9 Å². The molecule has 0 bridgehead atoms. The minimum Gasteiger partial charge on any atom is -0.496 e. The van der Waals surface area contributed by atoms with Gasteiger partial charge in [0.05, 0.1) is 12.0 Å². The van der Waals surface area contributed by atoms with Gasteiger partial charge in [0.25, 0.3) is 0 Å². The maximum atomic E-state index is 5.85. The second-order valence-corrected chi connectivity index (χ2v) is 5.11. The summed E-state index contributed by atoms with van der Waals surface area (Å²) in [4.78, 5) is 1.02. The van der Waals surface area contributed by atoms with Gasteiger partial charge in [-0.2, -0.15) is 0 Å². The largest absolute Gasteiger partial charge is 0.496 e. The first-order valence-electron chi connectivity index (χ1n) is 5.77. The van der Waals surface area contributed by atoms with Crippen LogP contribution in [0.2, 0.25) is 5.02 Å². The molecule has 0 heterocycles. The lowest BCUT2D eigenvalue weighted by Gasteiger charge is -2.11. The van der Waals surface area contributed by atoms with E-state index in [0.717, 1.165) is 27.0 Å². The Labute approximate surface area is 122 Å². The van der Waals surface area contributed by atoms with Gasteiger partial charge in [0.15, 0.2) is 0 Å². The molecule has 0 radical (unpaired) electrons. The molecule has 0 aliphatic carbocycles. The lowest BCUT2D eigenvalue weighted by molar-refractivity contribution is 0.405. The lowest BCUT2D eigenvalue weighted by atomic mass is 10.3. The van der Waals surface area contributed by atoms with Crippen LogP contribution in [0.3, 0.4) is 0 Å². The van der Waals surface area contributed by atoms with Gasteiger partial charge in [0, 0.05) is 23.4 Å². The number of hydrogen-bond acceptors (Lipinski definition) is 4. The number of benzene rings is 2. The van der Waals surface area contributed by atoms with E-state index < -0.39 is 0 Å². The van der Waals surface area contributed by atoms with Crippen molar-refractivity contribution >= 4 is 34.9 Å². The fourth-order valence-electron chi connectivity index (χ4n) is 1.54. The molecule has 0 atom stereocenters. The first-order chi connectivity index (χ1) is 9.22. The Bertz CT molecular complexity index is 546. The maximum Gasteiger partial charge on any atom is 0.134 e. The van der Waals surface area contributed by atoms with Gasteiger partial charge >= 0.3 is 0 Å². The second kappa shape index (κ2) is 6.59. The standard InChI is InChI=1S/C14H15ClN2OS/c1-16-12-7-8-13(18-2)14(9-12)19-17-11-5-3-10(15)4-6-11/h3-9,16-17H,1-2H3. The molecule has 2 aromatic rings. The Morgan fingerprint density at radius 1 is 1.05 bits per heavy atom. The summed E-state index contributed by atoms with van der Waals surface area (Å²) in [6.45, 7) is 0. The molecule has 5 heteroatoms. The number of halogens is 1. The molecule has 0 saturated heterocycles. The van der Waals surface area contributed by atoms with Gasteiger partial charge in [-0.25, -0.2) is 0 Å². The van der Waals surface area contributed by atoms with E-state index in [-0.39, 0.29) is 0 Å². The number of ether oxygens (including phenoxy) is 1. The normalized spacial score (nSPS) is 10.1. The van der Waals surface area contributed by atoms with Crippen LogP contribution in [0.15, 0.2) is 47.4 Å². The third-order valence-corrected chi connectivity index (χ3v) is 3.70. The number of methoxy groups -OCH3 is 1. The van der Waals surface area contributed by atoms with Crippen molar-refractivity contribution in [3.63, 3.8) is 0 Å². The Hall–Kier alpha value is -1.52. The van der Waals surface area contributed by atoms with Gasteiger partial charge in [0.1, 0.15) is 5.75 Å². The van der Waals surface area contributed by atoms with Crippen LogP contribution in [0.1, 0.15) is 0 Å². The van der Waals surface area contributed by atoms with E-state index >= 15 is 0 Å². The molecule has 0 aliphatic heterocycles. The Balaban J connectivity index is 2.11. The fraction of sp³-hybridized carbons (Fsp3) is 0.143. The summed E-state index contributed by atoms with van der Waals surface area (Å²) in [5.41, 5.74) is 2.03. The van der Waals surface area contributed by atoms with Crippen molar-refractivity contribution in [2.45, 2.75) is 4.90 Å². The van der Waals surface area contributed by atoms with Gasteiger partial charge < -0.3 is 14.8 Å². The zero-order valence-corrected chi connectivity index (χ0v) is 12.3. The topological polar surface area (TPSA) is 33.3 Å². The first kappa shape index (κ1) is 13.9. The van der Waals surface area contributed by atoms with E-state index in [9.17, 15) is 0 Å². The van der Waals surface area contributed by atoms with Crippen LogP contribution in [0.4, 0.5) is 11.4 Å². The van der Waals surface area contributed by atoms with Crippen LogP contribution in [-0.4, -0.2) is 14.2 Å². The molecule has 0 saturated carbocycles. The molecular weight excluding hydrogens is 280 g/mol. The van der Waals surface area contributed by atoms with Gasteiger partial charge in [-0.3, -0.25) is 0 Å². The average molecular weight is 295 g/mol. The molecule has 2 aromatic carbocycles. The third kappa shape index (κ3) is 3.72. The summed E-state index contributed by atoms with van der Waals surface area (Å²) in [5.74, 6) is 0.838. The summed E-state index contributed by atoms with van der Waals surface area (Å²) in [6.07, 6.45) is 0. The van der Waals surface area contributed by atoms with Crippen LogP contribution in [0.5, 0.6) is 5.75 Å². The number of nitrogens with one attached hydrogen (secondary N) is 2. The van der Waals surface area contributed by atoms with E-state index in [1.54, 1.807) is 7.11 Å². The summed E-state index contributed by atoms with van der Waals surface area (Å²) >= 11 is 7.36. The SMILES string of the molecule is CNc1ccc(OC)c(SNc2ccc(Cl)cc2)c1. The molecule has 100 valence electrons. The van der Waals surface area contributed by atoms with Crippen molar-refractivity contribution < 1.29 is 4.74 Å². The molecule has 2 rings (SSSR count). The second-order valence-electron chi connectivity index (χ2n) is 3.83. The molecule has 0 unspecified atom stereocenters.